The van der Waals surface area contributed by atoms with E-state index in [0.29, 0.717) is 19.3 Å². The Morgan fingerprint density at radius 1 is 1.28 bits per heavy atom. The van der Waals surface area contributed by atoms with E-state index in [-0.39, 0.29) is 6.10 Å². The van der Waals surface area contributed by atoms with Gasteiger partial charge in [-0.15, -0.1) is 0 Å². The first kappa shape index (κ1) is 13.4. The lowest BCUT2D eigenvalue weighted by molar-refractivity contribution is 0.0262. The standard InChI is InChI=1S/C15H23NO2/c1-10-6-13(8-16)7-11(2)15(10)17-9-14-5-4-12(3)18-14/h6-7,12,14H,4-5,8-9,16H2,1-3H3. The largest absolute Gasteiger partial charge is 0.490 e. The third-order valence-corrected chi connectivity index (χ3v) is 3.49. The molecule has 1 saturated heterocycles. The normalized spacial score (nSPS) is 23.3. The van der Waals surface area contributed by atoms with Crippen molar-refractivity contribution in [2.75, 3.05) is 6.61 Å². The lowest BCUT2D eigenvalue weighted by atomic mass is 10.1. The van der Waals surface area contributed by atoms with Crippen LogP contribution in [-0.4, -0.2) is 18.8 Å². The van der Waals surface area contributed by atoms with E-state index in [1.54, 1.807) is 0 Å². The van der Waals surface area contributed by atoms with Gasteiger partial charge in [-0.25, -0.2) is 0 Å². The molecule has 1 fully saturated rings. The van der Waals surface area contributed by atoms with Crippen LogP contribution in [0.3, 0.4) is 0 Å². The SMILES string of the molecule is Cc1cc(CN)cc(C)c1OCC1CCC(C)O1. The minimum Gasteiger partial charge on any atom is -0.490 e. The topological polar surface area (TPSA) is 44.5 Å². The van der Waals surface area contributed by atoms with Crippen molar-refractivity contribution in [3.8, 4) is 5.75 Å². The van der Waals surface area contributed by atoms with Crippen molar-refractivity contribution in [3.05, 3.63) is 28.8 Å². The van der Waals surface area contributed by atoms with Gasteiger partial charge in [0, 0.05) is 6.54 Å². The van der Waals surface area contributed by atoms with Crippen LogP contribution >= 0.6 is 0 Å². The van der Waals surface area contributed by atoms with Crippen LogP contribution in [0.4, 0.5) is 0 Å². The van der Waals surface area contributed by atoms with Gasteiger partial charge in [0.05, 0.1) is 12.2 Å². The summed E-state index contributed by atoms with van der Waals surface area (Å²) in [4.78, 5) is 0. The van der Waals surface area contributed by atoms with E-state index in [0.717, 1.165) is 35.3 Å². The summed E-state index contributed by atoms with van der Waals surface area (Å²) in [6.45, 7) is 7.48. The minimum atomic E-state index is 0.244. The maximum Gasteiger partial charge on any atom is 0.125 e. The highest BCUT2D eigenvalue weighted by Crippen LogP contribution is 2.26. The van der Waals surface area contributed by atoms with Crippen molar-refractivity contribution in [1.29, 1.82) is 0 Å². The molecule has 1 aromatic rings. The van der Waals surface area contributed by atoms with Crippen molar-refractivity contribution >= 4 is 0 Å². The average Bonchev–Trinajstić information content (AvgIpc) is 2.73. The van der Waals surface area contributed by atoms with Gasteiger partial charge in [-0.3, -0.25) is 0 Å². The zero-order chi connectivity index (χ0) is 13.1. The first-order chi connectivity index (χ1) is 8.60. The summed E-state index contributed by atoms with van der Waals surface area (Å²) in [5, 5.41) is 0. The molecule has 2 unspecified atom stereocenters. The molecule has 0 aliphatic carbocycles. The molecule has 0 amide bonds. The molecule has 3 heteroatoms. The van der Waals surface area contributed by atoms with Gasteiger partial charge < -0.3 is 15.2 Å². The molecular weight excluding hydrogens is 226 g/mol. The van der Waals surface area contributed by atoms with E-state index in [4.69, 9.17) is 15.2 Å². The van der Waals surface area contributed by atoms with Crippen LogP contribution in [0.5, 0.6) is 5.75 Å². The third kappa shape index (κ3) is 3.03. The smallest absolute Gasteiger partial charge is 0.125 e. The Bertz CT molecular complexity index is 394. The van der Waals surface area contributed by atoms with E-state index in [1.165, 1.54) is 0 Å². The van der Waals surface area contributed by atoms with Gasteiger partial charge in [-0.1, -0.05) is 12.1 Å². The fourth-order valence-corrected chi connectivity index (χ4v) is 2.57. The van der Waals surface area contributed by atoms with E-state index < -0.39 is 0 Å². The van der Waals surface area contributed by atoms with Crippen LogP contribution in [0.25, 0.3) is 0 Å². The Kier molecular flexibility index (Phi) is 4.25. The maximum absolute atomic E-state index is 5.93. The number of rotatable bonds is 4. The lowest BCUT2D eigenvalue weighted by Crippen LogP contribution is -2.18. The van der Waals surface area contributed by atoms with Gasteiger partial charge in [0.2, 0.25) is 0 Å². The predicted octanol–water partition coefficient (Wildman–Crippen LogP) is 2.71. The Labute approximate surface area is 109 Å². The van der Waals surface area contributed by atoms with Crippen LogP contribution in [0.15, 0.2) is 12.1 Å². The molecule has 18 heavy (non-hydrogen) atoms. The number of benzene rings is 1. The van der Waals surface area contributed by atoms with E-state index in [9.17, 15) is 0 Å². The van der Waals surface area contributed by atoms with Crippen molar-refractivity contribution < 1.29 is 9.47 Å². The predicted molar refractivity (Wildman–Crippen MR) is 72.9 cm³/mol. The molecule has 0 radical (unpaired) electrons. The first-order valence-corrected chi connectivity index (χ1v) is 6.68. The number of aryl methyl sites for hydroxylation is 2. The van der Waals surface area contributed by atoms with Crippen LogP contribution < -0.4 is 10.5 Å². The van der Waals surface area contributed by atoms with Crippen LogP contribution in [-0.2, 0) is 11.3 Å². The molecule has 2 rings (SSSR count). The molecule has 0 saturated carbocycles. The van der Waals surface area contributed by atoms with Crippen molar-refractivity contribution in [2.45, 2.75) is 52.4 Å². The second kappa shape index (κ2) is 5.72. The fraction of sp³-hybridized carbons (Fsp3) is 0.600. The number of nitrogens with two attached hydrogens (primary N) is 1. The molecule has 100 valence electrons. The summed E-state index contributed by atoms with van der Waals surface area (Å²) in [6, 6.07) is 4.20. The molecule has 0 aromatic heterocycles. The molecule has 1 aliphatic rings. The monoisotopic (exact) mass is 249 g/mol. The van der Waals surface area contributed by atoms with E-state index in [2.05, 4.69) is 32.9 Å². The summed E-state index contributed by atoms with van der Waals surface area (Å²) in [7, 11) is 0. The lowest BCUT2D eigenvalue weighted by Gasteiger charge is -2.17. The highest BCUT2D eigenvalue weighted by Gasteiger charge is 2.22. The maximum atomic E-state index is 5.93. The second-order valence-corrected chi connectivity index (χ2v) is 5.22. The number of ether oxygens (including phenoxy) is 2. The number of hydrogen-bond donors (Lipinski definition) is 1. The van der Waals surface area contributed by atoms with Gasteiger partial charge in [-0.2, -0.15) is 0 Å². The molecule has 0 bridgehead atoms. The van der Waals surface area contributed by atoms with Crippen LogP contribution in [0.2, 0.25) is 0 Å². The highest BCUT2D eigenvalue weighted by atomic mass is 16.5. The zero-order valence-corrected chi connectivity index (χ0v) is 11.5. The van der Waals surface area contributed by atoms with E-state index >= 15 is 0 Å². The van der Waals surface area contributed by atoms with Crippen LogP contribution in [0.1, 0.15) is 36.5 Å². The fourth-order valence-electron chi connectivity index (χ4n) is 2.57. The second-order valence-electron chi connectivity index (χ2n) is 5.22. The summed E-state index contributed by atoms with van der Waals surface area (Å²) < 4.78 is 11.7. The zero-order valence-electron chi connectivity index (χ0n) is 11.5. The number of hydrogen-bond acceptors (Lipinski definition) is 3. The minimum absolute atomic E-state index is 0.244. The van der Waals surface area contributed by atoms with Gasteiger partial charge in [0.1, 0.15) is 12.4 Å². The van der Waals surface area contributed by atoms with Gasteiger partial charge in [0.25, 0.3) is 0 Å². The Balaban J connectivity index is 2.01. The third-order valence-electron chi connectivity index (χ3n) is 3.49. The highest BCUT2D eigenvalue weighted by molar-refractivity contribution is 5.43. The molecule has 1 aromatic carbocycles. The Morgan fingerprint density at radius 3 is 2.44 bits per heavy atom. The molecular formula is C15H23NO2. The van der Waals surface area contributed by atoms with E-state index in [1.807, 2.05) is 0 Å². The first-order valence-electron chi connectivity index (χ1n) is 6.68. The molecule has 2 atom stereocenters. The Hall–Kier alpha value is -1.06. The van der Waals surface area contributed by atoms with Gasteiger partial charge in [0.15, 0.2) is 0 Å². The quantitative estimate of drug-likeness (QED) is 0.892. The summed E-state index contributed by atoms with van der Waals surface area (Å²) >= 11 is 0. The van der Waals surface area contributed by atoms with Crippen molar-refractivity contribution in [3.63, 3.8) is 0 Å². The molecule has 3 nitrogen and oxygen atoms in total. The van der Waals surface area contributed by atoms with Crippen molar-refractivity contribution in [1.82, 2.24) is 0 Å². The Morgan fingerprint density at radius 2 is 1.94 bits per heavy atom. The molecule has 0 spiro atoms. The molecule has 2 N–H and O–H groups in total. The van der Waals surface area contributed by atoms with Gasteiger partial charge >= 0.3 is 0 Å². The van der Waals surface area contributed by atoms with Crippen molar-refractivity contribution in [2.24, 2.45) is 5.73 Å². The molecule has 1 heterocycles. The van der Waals surface area contributed by atoms with Crippen LogP contribution in [0, 0.1) is 13.8 Å². The molecule has 1 aliphatic heterocycles. The van der Waals surface area contributed by atoms with Gasteiger partial charge in [-0.05, 0) is 50.3 Å². The summed E-state index contributed by atoms with van der Waals surface area (Å²) in [6.07, 6.45) is 2.85. The average molecular weight is 249 g/mol. The summed E-state index contributed by atoms with van der Waals surface area (Å²) in [5.74, 6) is 0.982. The summed E-state index contributed by atoms with van der Waals surface area (Å²) in [5.41, 5.74) is 9.13.